The first-order valence-corrected chi connectivity index (χ1v) is 9.39. The molecule has 1 fully saturated rings. The van der Waals surface area contributed by atoms with E-state index in [1.54, 1.807) is 0 Å². The van der Waals surface area contributed by atoms with Crippen molar-refractivity contribution in [1.29, 1.82) is 0 Å². The Balaban J connectivity index is 1.83. The van der Waals surface area contributed by atoms with E-state index in [1.807, 2.05) is 23.0 Å². The number of pyridine rings is 1. The average Bonchev–Trinajstić information content (AvgIpc) is 2.99. The fourth-order valence-electron chi connectivity index (χ4n) is 4.06. The Labute approximate surface area is 154 Å². The van der Waals surface area contributed by atoms with E-state index in [2.05, 4.69) is 36.8 Å². The minimum atomic E-state index is -1.08. The van der Waals surface area contributed by atoms with Gasteiger partial charge in [0.15, 0.2) is 0 Å². The molecule has 6 nitrogen and oxygen atoms in total. The van der Waals surface area contributed by atoms with Crippen molar-refractivity contribution in [3.8, 4) is 0 Å². The summed E-state index contributed by atoms with van der Waals surface area (Å²) in [7, 11) is 0. The van der Waals surface area contributed by atoms with Crippen molar-refractivity contribution in [2.24, 2.45) is 11.3 Å². The molecule has 2 N–H and O–H groups in total. The van der Waals surface area contributed by atoms with Gasteiger partial charge in [-0.15, -0.1) is 0 Å². The standard InChI is InChI=1S/C20H29N3O3/c1-14(2)6-8-20(19(25)26)13-22(10-7-17(20)24)12-16-11-21-23-9-4-5-15(3)18(16)23/h4-5,9,11,14,17,24H,6-8,10,12-13H2,1-3H3,(H,25,26)/t17-,20-/m1/s1. The number of fused-ring (bicyclic) bond motifs is 1. The Hall–Kier alpha value is -1.92. The molecule has 0 aromatic carbocycles. The van der Waals surface area contributed by atoms with Crippen molar-refractivity contribution in [3.05, 3.63) is 35.7 Å². The van der Waals surface area contributed by atoms with Gasteiger partial charge in [-0.25, -0.2) is 4.52 Å². The number of hydrogen-bond donors (Lipinski definition) is 2. The van der Waals surface area contributed by atoms with Crippen LogP contribution in [0.1, 0.15) is 44.2 Å². The number of piperidine rings is 1. The van der Waals surface area contributed by atoms with E-state index in [9.17, 15) is 15.0 Å². The van der Waals surface area contributed by atoms with Crippen LogP contribution in [0.15, 0.2) is 24.5 Å². The maximum atomic E-state index is 12.1. The van der Waals surface area contributed by atoms with Crippen LogP contribution in [0, 0.1) is 18.3 Å². The number of rotatable bonds is 6. The molecule has 0 spiro atoms. The van der Waals surface area contributed by atoms with Crippen LogP contribution in [0.3, 0.4) is 0 Å². The number of hydrogen-bond acceptors (Lipinski definition) is 4. The van der Waals surface area contributed by atoms with Crippen LogP contribution in [-0.2, 0) is 11.3 Å². The van der Waals surface area contributed by atoms with Crippen LogP contribution in [0.25, 0.3) is 5.52 Å². The first-order valence-electron chi connectivity index (χ1n) is 9.39. The molecule has 0 amide bonds. The Bertz CT molecular complexity index is 786. The van der Waals surface area contributed by atoms with Crippen molar-refractivity contribution in [2.75, 3.05) is 13.1 Å². The lowest BCUT2D eigenvalue weighted by Gasteiger charge is -2.43. The van der Waals surface area contributed by atoms with E-state index in [1.165, 1.54) is 0 Å². The molecular formula is C20H29N3O3. The SMILES string of the molecule is Cc1cccn2ncc(CN3CC[C@@H](O)[C@](CCC(C)C)(C(=O)O)C3)c12. The van der Waals surface area contributed by atoms with E-state index >= 15 is 0 Å². The van der Waals surface area contributed by atoms with Crippen LogP contribution >= 0.6 is 0 Å². The quantitative estimate of drug-likeness (QED) is 0.829. The normalized spacial score (nSPS) is 24.4. The highest BCUT2D eigenvalue weighted by atomic mass is 16.4. The number of aliphatic hydroxyl groups is 1. The van der Waals surface area contributed by atoms with E-state index in [4.69, 9.17) is 0 Å². The Morgan fingerprint density at radius 2 is 2.23 bits per heavy atom. The van der Waals surface area contributed by atoms with E-state index in [0.29, 0.717) is 38.4 Å². The summed E-state index contributed by atoms with van der Waals surface area (Å²) in [5.41, 5.74) is 2.26. The monoisotopic (exact) mass is 359 g/mol. The summed E-state index contributed by atoms with van der Waals surface area (Å²) < 4.78 is 1.87. The van der Waals surface area contributed by atoms with Gasteiger partial charge in [0.1, 0.15) is 5.41 Å². The first kappa shape index (κ1) is 18.9. The van der Waals surface area contributed by atoms with Crippen molar-refractivity contribution in [2.45, 2.75) is 52.7 Å². The molecule has 2 aromatic heterocycles. The number of carbonyl (C=O) groups is 1. The smallest absolute Gasteiger partial charge is 0.313 e. The number of nitrogens with zero attached hydrogens (tertiary/aromatic N) is 3. The molecule has 142 valence electrons. The fraction of sp³-hybridized carbons (Fsp3) is 0.600. The highest BCUT2D eigenvalue weighted by Gasteiger charge is 2.48. The summed E-state index contributed by atoms with van der Waals surface area (Å²) >= 11 is 0. The molecule has 0 aliphatic carbocycles. The number of aryl methyl sites for hydroxylation is 1. The highest BCUT2D eigenvalue weighted by Crippen LogP contribution is 2.37. The van der Waals surface area contributed by atoms with Crippen LogP contribution in [0.4, 0.5) is 0 Å². The van der Waals surface area contributed by atoms with E-state index in [-0.39, 0.29) is 0 Å². The largest absolute Gasteiger partial charge is 0.481 e. The van der Waals surface area contributed by atoms with Gasteiger partial charge >= 0.3 is 5.97 Å². The third kappa shape index (κ3) is 3.48. The highest BCUT2D eigenvalue weighted by molar-refractivity contribution is 5.76. The van der Waals surface area contributed by atoms with Gasteiger partial charge in [-0.2, -0.15) is 5.10 Å². The Morgan fingerprint density at radius 1 is 1.46 bits per heavy atom. The minimum absolute atomic E-state index is 0.374. The topological polar surface area (TPSA) is 78.1 Å². The molecule has 1 aliphatic heterocycles. The summed E-state index contributed by atoms with van der Waals surface area (Å²) in [6.45, 7) is 7.96. The molecule has 6 heteroatoms. The van der Waals surface area contributed by atoms with E-state index < -0.39 is 17.5 Å². The number of likely N-dealkylation sites (tertiary alicyclic amines) is 1. The zero-order valence-electron chi connectivity index (χ0n) is 15.9. The van der Waals surface area contributed by atoms with Gasteiger partial charge in [0, 0.05) is 31.4 Å². The summed E-state index contributed by atoms with van der Waals surface area (Å²) in [5.74, 6) is -0.470. The molecule has 0 radical (unpaired) electrons. The van der Waals surface area contributed by atoms with Gasteiger partial charge in [-0.1, -0.05) is 19.9 Å². The second-order valence-corrected chi connectivity index (χ2v) is 8.06. The van der Waals surface area contributed by atoms with Crippen molar-refractivity contribution < 1.29 is 15.0 Å². The summed E-state index contributed by atoms with van der Waals surface area (Å²) in [6, 6.07) is 4.03. The molecule has 26 heavy (non-hydrogen) atoms. The van der Waals surface area contributed by atoms with Gasteiger partial charge in [0.2, 0.25) is 0 Å². The number of carboxylic acids is 1. The maximum Gasteiger partial charge on any atom is 0.313 e. The summed E-state index contributed by atoms with van der Waals surface area (Å²) in [5, 5.41) is 24.9. The Kier molecular flexibility index (Phi) is 5.34. The van der Waals surface area contributed by atoms with E-state index in [0.717, 1.165) is 23.1 Å². The van der Waals surface area contributed by atoms with Crippen molar-refractivity contribution >= 4 is 11.5 Å². The maximum absolute atomic E-state index is 12.1. The lowest BCUT2D eigenvalue weighted by Crippen LogP contribution is -2.55. The average molecular weight is 359 g/mol. The second kappa shape index (κ2) is 7.37. The molecule has 3 rings (SSSR count). The van der Waals surface area contributed by atoms with Gasteiger partial charge in [-0.05, 0) is 43.7 Å². The third-order valence-electron chi connectivity index (χ3n) is 5.67. The van der Waals surface area contributed by atoms with Gasteiger partial charge in [0.25, 0.3) is 0 Å². The molecular weight excluding hydrogens is 330 g/mol. The van der Waals surface area contributed by atoms with Crippen LogP contribution in [0.5, 0.6) is 0 Å². The zero-order valence-corrected chi connectivity index (χ0v) is 15.9. The van der Waals surface area contributed by atoms with Gasteiger partial charge < -0.3 is 10.2 Å². The van der Waals surface area contributed by atoms with Gasteiger partial charge in [-0.3, -0.25) is 9.69 Å². The van der Waals surface area contributed by atoms with Crippen LogP contribution < -0.4 is 0 Å². The minimum Gasteiger partial charge on any atom is -0.481 e. The predicted octanol–water partition coefficient (Wildman–Crippen LogP) is 2.72. The fourth-order valence-corrected chi connectivity index (χ4v) is 4.06. The number of carboxylic acid groups (broad SMARTS) is 1. The lowest BCUT2D eigenvalue weighted by atomic mass is 9.72. The molecule has 3 heterocycles. The number of aliphatic carboxylic acids is 1. The van der Waals surface area contributed by atoms with Crippen molar-refractivity contribution in [1.82, 2.24) is 14.5 Å². The van der Waals surface area contributed by atoms with Gasteiger partial charge in [0.05, 0.1) is 17.8 Å². The molecule has 1 aliphatic rings. The summed E-state index contributed by atoms with van der Waals surface area (Å²) in [4.78, 5) is 14.3. The first-order chi connectivity index (χ1) is 12.3. The van der Waals surface area contributed by atoms with Crippen LogP contribution in [0.2, 0.25) is 0 Å². The van der Waals surface area contributed by atoms with Crippen LogP contribution in [-0.4, -0.2) is 49.9 Å². The molecule has 2 aromatic rings. The number of aromatic nitrogens is 2. The number of aliphatic hydroxyl groups excluding tert-OH is 1. The molecule has 0 saturated carbocycles. The molecule has 0 unspecified atom stereocenters. The molecule has 2 atom stereocenters. The predicted molar refractivity (Wildman–Crippen MR) is 100.0 cm³/mol. The molecule has 0 bridgehead atoms. The second-order valence-electron chi connectivity index (χ2n) is 8.06. The third-order valence-corrected chi connectivity index (χ3v) is 5.67. The van der Waals surface area contributed by atoms with Crippen molar-refractivity contribution in [3.63, 3.8) is 0 Å². The Morgan fingerprint density at radius 3 is 2.92 bits per heavy atom. The molecule has 1 saturated heterocycles. The summed E-state index contributed by atoms with van der Waals surface area (Å²) in [6.07, 6.45) is 4.79. The zero-order chi connectivity index (χ0) is 18.9. The lowest BCUT2D eigenvalue weighted by molar-refractivity contribution is -0.165.